The van der Waals surface area contributed by atoms with Gasteiger partial charge < -0.3 is 10.1 Å². The minimum absolute atomic E-state index is 0.159. The molecule has 2 heterocycles. The van der Waals surface area contributed by atoms with Crippen LogP contribution in [0.15, 0.2) is 67.0 Å². The first-order valence-corrected chi connectivity index (χ1v) is 12.9. The second-order valence-corrected chi connectivity index (χ2v) is 9.95. The molecule has 0 unspecified atom stereocenters. The molecule has 0 bridgehead atoms. The van der Waals surface area contributed by atoms with Gasteiger partial charge in [-0.2, -0.15) is 0 Å². The molecule has 0 aliphatic heterocycles. The molecule has 1 amide bonds. The van der Waals surface area contributed by atoms with Crippen molar-refractivity contribution in [1.29, 1.82) is 0 Å². The number of fused-ring (bicyclic) bond motifs is 1. The zero-order chi connectivity index (χ0) is 25.8. The van der Waals surface area contributed by atoms with Gasteiger partial charge in [0.2, 0.25) is 0 Å². The summed E-state index contributed by atoms with van der Waals surface area (Å²) in [6.45, 7) is 2.38. The standard InChI is InChI=1S/C30H28ClN3O3/c1-19-14-28-26(18-25(19)30(36)34-12-9-22-4-2-3-11-32-22)29(10-13-33-28)37-24-8-7-21(27(31)17-24)16-23(35)15-20-5-6-20/h2-4,7-8,10-11,13-14,17-18,20H,5-6,9,12,15-16H2,1H3,(H,34,36). The zero-order valence-electron chi connectivity index (χ0n) is 20.7. The van der Waals surface area contributed by atoms with Crippen molar-refractivity contribution in [3.8, 4) is 11.5 Å². The summed E-state index contributed by atoms with van der Waals surface area (Å²) in [7, 11) is 0. The molecule has 2 aromatic carbocycles. The lowest BCUT2D eigenvalue weighted by Crippen LogP contribution is -2.26. The van der Waals surface area contributed by atoms with Gasteiger partial charge in [0.1, 0.15) is 17.3 Å². The third-order valence-electron chi connectivity index (χ3n) is 6.54. The number of hydrogen-bond donors (Lipinski definition) is 1. The number of pyridine rings is 2. The average molecular weight is 514 g/mol. The second kappa shape index (κ2) is 11.1. The van der Waals surface area contributed by atoms with Gasteiger partial charge >= 0.3 is 0 Å². The van der Waals surface area contributed by atoms with Gasteiger partial charge in [-0.25, -0.2) is 0 Å². The van der Waals surface area contributed by atoms with Crippen LogP contribution in [-0.2, 0) is 17.6 Å². The minimum Gasteiger partial charge on any atom is -0.457 e. The number of carbonyl (C=O) groups excluding carboxylic acids is 2. The van der Waals surface area contributed by atoms with Crippen molar-refractivity contribution in [2.24, 2.45) is 5.92 Å². The van der Waals surface area contributed by atoms with Gasteiger partial charge in [-0.3, -0.25) is 19.6 Å². The second-order valence-electron chi connectivity index (χ2n) is 9.54. The van der Waals surface area contributed by atoms with Gasteiger partial charge in [-0.1, -0.05) is 23.7 Å². The first kappa shape index (κ1) is 24.9. The van der Waals surface area contributed by atoms with Crippen LogP contribution in [0.4, 0.5) is 0 Å². The van der Waals surface area contributed by atoms with Crippen molar-refractivity contribution in [1.82, 2.24) is 15.3 Å². The molecule has 1 aliphatic carbocycles. The van der Waals surface area contributed by atoms with E-state index in [2.05, 4.69) is 15.3 Å². The highest BCUT2D eigenvalue weighted by Gasteiger charge is 2.24. The van der Waals surface area contributed by atoms with Crippen LogP contribution in [-0.4, -0.2) is 28.2 Å². The van der Waals surface area contributed by atoms with E-state index in [1.165, 1.54) is 0 Å². The molecule has 1 N–H and O–H groups in total. The summed E-state index contributed by atoms with van der Waals surface area (Å²) in [4.78, 5) is 34.0. The highest BCUT2D eigenvalue weighted by atomic mass is 35.5. The van der Waals surface area contributed by atoms with E-state index in [0.29, 0.717) is 53.8 Å². The number of nitrogens with one attached hydrogen (secondary N) is 1. The number of nitrogens with zero attached hydrogens (tertiary/aromatic N) is 2. The van der Waals surface area contributed by atoms with Crippen LogP contribution < -0.4 is 10.1 Å². The maximum Gasteiger partial charge on any atom is 0.251 e. The molecular formula is C30H28ClN3O3. The number of aromatic nitrogens is 2. The fraction of sp³-hybridized carbons (Fsp3) is 0.267. The monoisotopic (exact) mass is 513 g/mol. The maximum atomic E-state index is 13.0. The topological polar surface area (TPSA) is 81.2 Å². The van der Waals surface area contributed by atoms with Crippen LogP contribution in [0.2, 0.25) is 5.02 Å². The molecule has 188 valence electrons. The zero-order valence-corrected chi connectivity index (χ0v) is 21.4. The molecule has 0 atom stereocenters. The summed E-state index contributed by atoms with van der Waals surface area (Å²) in [6.07, 6.45) is 7.35. The quantitative estimate of drug-likeness (QED) is 0.270. The number of halogens is 1. The Morgan fingerprint density at radius 2 is 1.92 bits per heavy atom. The number of ketones is 1. The highest BCUT2D eigenvalue weighted by molar-refractivity contribution is 6.31. The molecule has 1 aliphatic rings. The molecule has 1 fully saturated rings. The lowest BCUT2D eigenvalue weighted by atomic mass is 10.0. The van der Waals surface area contributed by atoms with Crippen molar-refractivity contribution in [2.45, 2.75) is 39.0 Å². The largest absolute Gasteiger partial charge is 0.457 e. The fourth-order valence-electron chi connectivity index (χ4n) is 4.34. The SMILES string of the molecule is Cc1cc2nccc(Oc3ccc(CC(=O)CC4CC4)c(Cl)c3)c2cc1C(=O)NCCc1ccccn1. The third-order valence-corrected chi connectivity index (χ3v) is 6.89. The van der Waals surface area contributed by atoms with Crippen LogP contribution in [0.25, 0.3) is 10.9 Å². The molecule has 4 aromatic rings. The number of amides is 1. The van der Waals surface area contributed by atoms with E-state index in [-0.39, 0.29) is 11.7 Å². The van der Waals surface area contributed by atoms with Crippen LogP contribution in [0.1, 0.15) is 46.4 Å². The van der Waals surface area contributed by atoms with Crippen LogP contribution >= 0.6 is 11.6 Å². The summed E-state index contributed by atoms with van der Waals surface area (Å²) < 4.78 is 6.17. The van der Waals surface area contributed by atoms with Crippen LogP contribution in [0.3, 0.4) is 0 Å². The van der Waals surface area contributed by atoms with Gasteiger partial charge in [0.25, 0.3) is 5.91 Å². The normalized spacial score (nSPS) is 12.9. The summed E-state index contributed by atoms with van der Waals surface area (Å²) in [5.41, 5.74) is 3.85. The Morgan fingerprint density at radius 1 is 1.05 bits per heavy atom. The van der Waals surface area contributed by atoms with Crippen molar-refractivity contribution in [2.75, 3.05) is 6.54 Å². The predicted molar refractivity (Wildman–Crippen MR) is 144 cm³/mol. The lowest BCUT2D eigenvalue weighted by Gasteiger charge is -2.13. The lowest BCUT2D eigenvalue weighted by molar-refractivity contribution is -0.118. The number of Topliss-reactive ketones (excluding diaryl/α,β-unsaturated/α-hetero) is 1. The molecule has 37 heavy (non-hydrogen) atoms. The molecule has 7 heteroatoms. The molecule has 0 radical (unpaired) electrons. The van der Waals surface area contributed by atoms with Crippen LogP contribution in [0.5, 0.6) is 11.5 Å². The van der Waals surface area contributed by atoms with E-state index in [9.17, 15) is 9.59 Å². The van der Waals surface area contributed by atoms with Gasteiger partial charge in [0, 0.05) is 59.9 Å². The van der Waals surface area contributed by atoms with Crippen molar-refractivity contribution < 1.29 is 14.3 Å². The number of hydrogen-bond acceptors (Lipinski definition) is 5. The molecular weight excluding hydrogens is 486 g/mol. The molecule has 1 saturated carbocycles. The number of ether oxygens (including phenoxy) is 1. The maximum absolute atomic E-state index is 13.0. The first-order valence-electron chi connectivity index (χ1n) is 12.5. The van der Waals surface area contributed by atoms with Crippen molar-refractivity contribution in [3.05, 3.63) is 94.4 Å². The molecule has 2 aromatic heterocycles. The Labute approximate surface area is 221 Å². The van der Waals surface area contributed by atoms with Gasteiger partial charge in [-0.15, -0.1) is 0 Å². The summed E-state index contributed by atoms with van der Waals surface area (Å²) in [5, 5.41) is 4.21. The molecule has 6 nitrogen and oxygen atoms in total. The Morgan fingerprint density at radius 3 is 2.68 bits per heavy atom. The van der Waals surface area contributed by atoms with Gasteiger partial charge in [0.15, 0.2) is 0 Å². The molecule has 0 saturated heterocycles. The Hall–Kier alpha value is -3.77. The third kappa shape index (κ3) is 6.33. The van der Waals surface area contributed by atoms with E-state index in [4.69, 9.17) is 16.3 Å². The van der Waals surface area contributed by atoms with E-state index < -0.39 is 0 Å². The summed E-state index contributed by atoms with van der Waals surface area (Å²) >= 11 is 6.49. The highest BCUT2D eigenvalue weighted by Crippen LogP contribution is 2.35. The Balaban J connectivity index is 1.31. The van der Waals surface area contributed by atoms with E-state index in [0.717, 1.165) is 40.6 Å². The Kier molecular flexibility index (Phi) is 7.47. The first-order chi connectivity index (χ1) is 18.0. The molecule has 5 rings (SSSR count). The average Bonchev–Trinajstić information content (AvgIpc) is 3.70. The number of carbonyl (C=O) groups is 2. The van der Waals surface area contributed by atoms with Gasteiger partial charge in [0.05, 0.1) is 5.52 Å². The number of benzene rings is 2. The molecule has 0 spiro atoms. The van der Waals surface area contributed by atoms with Gasteiger partial charge in [-0.05, 0) is 79.3 Å². The van der Waals surface area contributed by atoms with Crippen LogP contribution in [0, 0.1) is 12.8 Å². The fourth-order valence-corrected chi connectivity index (χ4v) is 4.58. The number of rotatable bonds is 10. The summed E-state index contributed by atoms with van der Waals surface area (Å²) in [5.74, 6) is 1.75. The van der Waals surface area contributed by atoms with Crippen molar-refractivity contribution >= 4 is 34.2 Å². The minimum atomic E-state index is -0.159. The number of aryl methyl sites for hydroxylation is 1. The van der Waals surface area contributed by atoms with E-state index >= 15 is 0 Å². The Bertz CT molecular complexity index is 1450. The van der Waals surface area contributed by atoms with E-state index in [1.54, 1.807) is 24.5 Å². The van der Waals surface area contributed by atoms with E-state index in [1.807, 2.05) is 49.4 Å². The predicted octanol–water partition coefficient (Wildman–Crippen LogP) is 6.27. The van der Waals surface area contributed by atoms with Crippen molar-refractivity contribution in [3.63, 3.8) is 0 Å². The summed E-state index contributed by atoms with van der Waals surface area (Å²) in [6, 6.07) is 16.6. The smallest absolute Gasteiger partial charge is 0.251 e.